The minimum Gasteiger partial charge on any atom is -0.342 e. The van der Waals surface area contributed by atoms with E-state index < -0.39 is 0 Å². The predicted molar refractivity (Wildman–Crippen MR) is 86.7 cm³/mol. The molecule has 0 aromatic heterocycles. The Kier molecular flexibility index (Phi) is 6.68. The molecule has 1 aromatic carbocycles. The molecule has 6 heteroatoms. The molecule has 20 heavy (non-hydrogen) atoms. The summed E-state index contributed by atoms with van der Waals surface area (Å²) in [4.78, 5) is 27.5. The fourth-order valence-corrected chi connectivity index (χ4v) is 3.04. The molecule has 0 heterocycles. The molecule has 0 spiro atoms. The van der Waals surface area contributed by atoms with Gasteiger partial charge in [-0.2, -0.15) is 0 Å². The number of rotatable bonds is 5. The van der Waals surface area contributed by atoms with E-state index in [9.17, 15) is 9.59 Å². The first-order valence-corrected chi connectivity index (χ1v) is 7.97. The zero-order valence-electron chi connectivity index (χ0n) is 11.8. The summed E-state index contributed by atoms with van der Waals surface area (Å²) in [6.45, 7) is 5.24. The minimum absolute atomic E-state index is 0.0425. The lowest BCUT2D eigenvalue weighted by Gasteiger charge is -2.23. The zero-order valence-corrected chi connectivity index (χ0v) is 15.0. The van der Waals surface area contributed by atoms with E-state index in [2.05, 4.69) is 31.9 Å². The van der Waals surface area contributed by atoms with Crippen LogP contribution >= 0.6 is 31.9 Å². The standard InChI is InChI=1S/C14H18Br2N2O2/c1-4-18(5-2)13(19)9-17(3)14(20)11-7-6-10(15)8-12(11)16/h6-8H,4-5,9H2,1-3H3. The molecule has 4 nitrogen and oxygen atoms in total. The van der Waals surface area contributed by atoms with E-state index in [0.29, 0.717) is 23.1 Å². The Morgan fingerprint density at radius 2 is 1.75 bits per heavy atom. The maximum atomic E-state index is 12.3. The van der Waals surface area contributed by atoms with Crippen LogP contribution in [-0.2, 0) is 4.79 Å². The van der Waals surface area contributed by atoms with Crippen LogP contribution in [0.2, 0.25) is 0 Å². The second kappa shape index (κ2) is 7.78. The summed E-state index contributed by atoms with van der Waals surface area (Å²) in [5.74, 6) is -0.219. The first-order chi connectivity index (χ1) is 9.40. The normalized spacial score (nSPS) is 10.2. The van der Waals surface area contributed by atoms with Crippen LogP contribution in [0.3, 0.4) is 0 Å². The van der Waals surface area contributed by atoms with Crippen molar-refractivity contribution in [2.75, 3.05) is 26.7 Å². The number of benzene rings is 1. The molecule has 0 radical (unpaired) electrons. The van der Waals surface area contributed by atoms with E-state index in [4.69, 9.17) is 0 Å². The average Bonchev–Trinajstić information content (AvgIpc) is 2.39. The third-order valence-corrected chi connectivity index (χ3v) is 4.15. The molecule has 0 bridgehead atoms. The Labute approximate surface area is 136 Å². The van der Waals surface area contributed by atoms with E-state index in [-0.39, 0.29) is 18.4 Å². The Hall–Kier alpha value is -0.880. The molecule has 0 saturated heterocycles. The summed E-state index contributed by atoms with van der Waals surface area (Å²) in [7, 11) is 1.64. The summed E-state index contributed by atoms with van der Waals surface area (Å²) in [5.41, 5.74) is 0.544. The predicted octanol–water partition coefficient (Wildman–Crippen LogP) is 3.15. The Morgan fingerprint density at radius 3 is 2.25 bits per heavy atom. The number of nitrogens with zero attached hydrogens (tertiary/aromatic N) is 2. The van der Waals surface area contributed by atoms with Crippen molar-refractivity contribution in [3.63, 3.8) is 0 Å². The van der Waals surface area contributed by atoms with Crippen LogP contribution in [0.25, 0.3) is 0 Å². The van der Waals surface area contributed by atoms with E-state index >= 15 is 0 Å². The van der Waals surface area contributed by atoms with Crippen LogP contribution in [0.1, 0.15) is 24.2 Å². The van der Waals surface area contributed by atoms with Gasteiger partial charge in [0.2, 0.25) is 5.91 Å². The van der Waals surface area contributed by atoms with Gasteiger partial charge in [-0.3, -0.25) is 9.59 Å². The molecule has 0 atom stereocenters. The number of hydrogen-bond donors (Lipinski definition) is 0. The van der Waals surface area contributed by atoms with Gasteiger partial charge in [0, 0.05) is 29.1 Å². The smallest absolute Gasteiger partial charge is 0.255 e. The lowest BCUT2D eigenvalue weighted by Crippen LogP contribution is -2.41. The molecule has 0 N–H and O–H groups in total. The SMILES string of the molecule is CCN(CC)C(=O)CN(C)C(=O)c1ccc(Br)cc1Br. The summed E-state index contributed by atoms with van der Waals surface area (Å²) < 4.78 is 1.60. The van der Waals surface area contributed by atoms with Crippen molar-refractivity contribution in [2.24, 2.45) is 0 Å². The van der Waals surface area contributed by atoms with E-state index in [0.717, 1.165) is 4.47 Å². The summed E-state index contributed by atoms with van der Waals surface area (Å²) in [5, 5.41) is 0. The average molecular weight is 406 g/mol. The van der Waals surface area contributed by atoms with Gasteiger partial charge in [-0.15, -0.1) is 0 Å². The van der Waals surface area contributed by atoms with Crippen molar-refractivity contribution in [2.45, 2.75) is 13.8 Å². The van der Waals surface area contributed by atoms with Gasteiger partial charge in [0.25, 0.3) is 5.91 Å². The Bertz CT molecular complexity index is 502. The van der Waals surface area contributed by atoms with Gasteiger partial charge in [0.05, 0.1) is 12.1 Å². The highest BCUT2D eigenvalue weighted by molar-refractivity contribution is 9.11. The van der Waals surface area contributed by atoms with Gasteiger partial charge >= 0.3 is 0 Å². The largest absolute Gasteiger partial charge is 0.342 e. The molecule has 0 aliphatic carbocycles. The third kappa shape index (κ3) is 4.31. The van der Waals surface area contributed by atoms with Gasteiger partial charge < -0.3 is 9.80 Å². The maximum absolute atomic E-state index is 12.3. The van der Waals surface area contributed by atoms with Gasteiger partial charge in [0.15, 0.2) is 0 Å². The molecule has 0 unspecified atom stereocenters. The highest BCUT2D eigenvalue weighted by atomic mass is 79.9. The molecule has 0 aliphatic rings. The molecule has 0 aliphatic heterocycles. The molecule has 1 rings (SSSR count). The fourth-order valence-electron chi connectivity index (χ4n) is 1.82. The first kappa shape index (κ1) is 17.2. The number of likely N-dealkylation sites (N-methyl/N-ethyl adjacent to an activating group) is 2. The number of hydrogen-bond acceptors (Lipinski definition) is 2. The van der Waals surface area contributed by atoms with Crippen molar-refractivity contribution in [3.05, 3.63) is 32.7 Å². The maximum Gasteiger partial charge on any atom is 0.255 e. The van der Waals surface area contributed by atoms with Crippen LogP contribution in [-0.4, -0.2) is 48.3 Å². The molecule has 2 amide bonds. The van der Waals surface area contributed by atoms with Crippen molar-refractivity contribution < 1.29 is 9.59 Å². The topological polar surface area (TPSA) is 40.6 Å². The van der Waals surface area contributed by atoms with Crippen LogP contribution < -0.4 is 0 Å². The van der Waals surface area contributed by atoms with Crippen molar-refractivity contribution in [1.82, 2.24) is 9.80 Å². The zero-order chi connectivity index (χ0) is 15.3. The number of halogens is 2. The second-order valence-electron chi connectivity index (χ2n) is 4.35. The monoisotopic (exact) mass is 404 g/mol. The lowest BCUT2D eigenvalue weighted by molar-refractivity contribution is -0.131. The molecule has 110 valence electrons. The van der Waals surface area contributed by atoms with Crippen LogP contribution in [0.15, 0.2) is 27.1 Å². The van der Waals surface area contributed by atoms with Crippen molar-refractivity contribution in [1.29, 1.82) is 0 Å². The van der Waals surface area contributed by atoms with Crippen molar-refractivity contribution >= 4 is 43.7 Å². The fraction of sp³-hybridized carbons (Fsp3) is 0.429. The summed E-state index contributed by atoms with van der Waals surface area (Å²) in [6, 6.07) is 5.35. The van der Waals surface area contributed by atoms with Crippen LogP contribution in [0.5, 0.6) is 0 Å². The quantitative estimate of drug-likeness (QED) is 0.754. The van der Waals surface area contributed by atoms with E-state index in [1.165, 1.54) is 4.90 Å². The summed E-state index contributed by atoms with van der Waals surface area (Å²) in [6.07, 6.45) is 0. The number of amides is 2. The summed E-state index contributed by atoms with van der Waals surface area (Å²) >= 11 is 6.71. The van der Waals surface area contributed by atoms with Gasteiger partial charge in [0.1, 0.15) is 0 Å². The highest BCUT2D eigenvalue weighted by Gasteiger charge is 2.19. The third-order valence-electron chi connectivity index (χ3n) is 3.00. The molecule has 0 fully saturated rings. The number of carbonyl (C=O) groups is 2. The van der Waals surface area contributed by atoms with Crippen LogP contribution in [0.4, 0.5) is 0 Å². The highest BCUT2D eigenvalue weighted by Crippen LogP contribution is 2.22. The van der Waals surface area contributed by atoms with Gasteiger partial charge in [-0.05, 0) is 48.0 Å². The van der Waals surface area contributed by atoms with Gasteiger partial charge in [-0.1, -0.05) is 15.9 Å². The number of carbonyl (C=O) groups excluding carboxylic acids is 2. The minimum atomic E-state index is -0.176. The first-order valence-electron chi connectivity index (χ1n) is 6.39. The molecular weight excluding hydrogens is 388 g/mol. The van der Waals surface area contributed by atoms with Gasteiger partial charge in [-0.25, -0.2) is 0 Å². The molecule has 0 saturated carbocycles. The lowest BCUT2D eigenvalue weighted by atomic mass is 10.2. The molecule has 1 aromatic rings. The second-order valence-corrected chi connectivity index (χ2v) is 6.12. The Morgan fingerprint density at radius 1 is 1.15 bits per heavy atom. The van der Waals surface area contributed by atoms with E-state index in [1.807, 2.05) is 19.9 Å². The molecular formula is C14H18Br2N2O2. The van der Waals surface area contributed by atoms with E-state index in [1.54, 1.807) is 24.1 Å². The Balaban J connectivity index is 2.79. The van der Waals surface area contributed by atoms with Crippen LogP contribution in [0, 0.1) is 0 Å². The van der Waals surface area contributed by atoms with Crippen molar-refractivity contribution in [3.8, 4) is 0 Å².